The molecule has 0 aromatic heterocycles. The molecule has 0 fully saturated rings. The van der Waals surface area contributed by atoms with Gasteiger partial charge in [0.2, 0.25) is 0 Å². The van der Waals surface area contributed by atoms with Crippen LogP contribution in [0.5, 0.6) is 11.5 Å². The zero-order valence-corrected chi connectivity index (χ0v) is 21.5. The van der Waals surface area contributed by atoms with Crippen LogP contribution < -0.4 is 9.47 Å². The summed E-state index contributed by atoms with van der Waals surface area (Å²) in [5, 5.41) is 4.24. The zero-order chi connectivity index (χ0) is 24.3. The van der Waals surface area contributed by atoms with Gasteiger partial charge < -0.3 is 14.3 Å². The minimum atomic E-state index is -0.0615. The number of hydrogen-bond acceptors (Lipinski definition) is 4. The van der Waals surface area contributed by atoms with Crippen molar-refractivity contribution in [3.8, 4) is 11.5 Å². The zero-order valence-electron chi connectivity index (χ0n) is 21.5. The Hall–Kier alpha value is -2.75. The molecule has 0 aliphatic carbocycles. The SMILES string of the molecule is C/C=C/COc1cc(C)c(OCCCCCc2ccc(C(=NOC)C(C)(C)C)cc2)c(C)c1. The minimum Gasteiger partial charge on any atom is -0.493 e. The molecule has 4 heteroatoms. The largest absolute Gasteiger partial charge is 0.493 e. The van der Waals surface area contributed by atoms with Crippen LogP contribution in [-0.4, -0.2) is 26.0 Å². The number of aryl methyl sites for hydroxylation is 3. The highest BCUT2D eigenvalue weighted by Gasteiger charge is 2.21. The van der Waals surface area contributed by atoms with E-state index in [4.69, 9.17) is 14.3 Å². The van der Waals surface area contributed by atoms with Crippen LogP contribution in [-0.2, 0) is 11.3 Å². The Morgan fingerprint density at radius 1 is 0.939 bits per heavy atom. The van der Waals surface area contributed by atoms with Gasteiger partial charge in [-0.15, -0.1) is 0 Å². The molecule has 0 aliphatic rings. The molecule has 0 unspecified atom stereocenters. The van der Waals surface area contributed by atoms with E-state index >= 15 is 0 Å². The van der Waals surface area contributed by atoms with E-state index in [2.05, 4.69) is 76.2 Å². The Kier molecular flexibility index (Phi) is 10.5. The molecule has 0 N–H and O–H groups in total. The maximum atomic E-state index is 6.10. The van der Waals surface area contributed by atoms with Crippen molar-refractivity contribution in [2.45, 2.75) is 67.2 Å². The fourth-order valence-electron chi connectivity index (χ4n) is 3.79. The summed E-state index contributed by atoms with van der Waals surface area (Å²) >= 11 is 0. The van der Waals surface area contributed by atoms with Crippen molar-refractivity contribution >= 4 is 5.71 Å². The van der Waals surface area contributed by atoms with Crippen LogP contribution in [0.25, 0.3) is 0 Å². The summed E-state index contributed by atoms with van der Waals surface area (Å²) in [5.74, 6) is 1.88. The molecule has 0 saturated carbocycles. The van der Waals surface area contributed by atoms with Crippen LogP contribution in [0.4, 0.5) is 0 Å². The molecule has 0 saturated heterocycles. The molecule has 2 rings (SSSR count). The van der Waals surface area contributed by atoms with Crippen molar-refractivity contribution in [1.82, 2.24) is 0 Å². The van der Waals surface area contributed by atoms with E-state index in [0.717, 1.165) is 66.2 Å². The number of ether oxygens (including phenoxy) is 2. The second-order valence-electron chi connectivity index (χ2n) is 9.49. The third-order valence-corrected chi connectivity index (χ3v) is 5.49. The van der Waals surface area contributed by atoms with Crippen molar-refractivity contribution in [2.24, 2.45) is 10.6 Å². The third kappa shape index (κ3) is 8.60. The predicted octanol–water partition coefficient (Wildman–Crippen LogP) is 7.45. The number of rotatable bonds is 12. The second kappa shape index (κ2) is 13.1. The van der Waals surface area contributed by atoms with E-state index < -0.39 is 0 Å². The fourth-order valence-corrected chi connectivity index (χ4v) is 3.79. The highest BCUT2D eigenvalue weighted by Crippen LogP contribution is 2.29. The van der Waals surface area contributed by atoms with Crippen LogP contribution in [0.2, 0.25) is 0 Å². The van der Waals surface area contributed by atoms with E-state index in [1.807, 2.05) is 19.1 Å². The van der Waals surface area contributed by atoms with Gasteiger partial charge in [0, 0.05) is 5.41 Å². The molecule has 0 heterocycles. The molecule has 33 heavy (non-hydrogen) atoms. The molecule has 0 radical (unpaired) electrons. The first-order valence-electron chi connectivity index (χ1n) is 11.9. The van der Waals surface area contributed by atoms with Gasteiger partial charge in [0.25, 0.3) is 0 Å². The van der Waals surface area contributed by atoms with Gasteiger partial charge in [-0.1, -0.05) is 62.3 Å². The van der Waals surface area contributed by atoms with Gasteiger partial charge in [-0.05, 0) is 80.8 Å². The lowest BCUT2D eigenvalue weighted by atomic mass is 9.85. The normalized spacial score (nSPS) is 12.3. The molecule has 0 aliphatic heterocycles. The van der Waals surface area contributed by atoms with E-state index in [9.17, 15) is 0 Å². The van der Waals surface area contributed by atoms with Crippen LogP contribution in [0, 0.1) is 19.3 Å². The van der Waals surface area contributed by atoms with Crippen LogP contribution in [0.15, 0.2) is 53.7 Å². The second-order valence-corrected chi connectivity index (χ2v) is 9.49. The van der Waals surface area contributed by atoms with Gasteiger partial charge in [-0.2, -0.15) is 0 Å². The predicted molar refractivity (Wildman–Crippen MR) is 139 cm³/mol. The average Bonchev–Trinajstić information content (AvgIpc) is 2.76. The first kappa shape index (κ1) is 26.5. The summed E-state index contributed by atoms with van der Waals surface area (Å²) < 4.78 is 11.9. The Morgan fingerprint density at radius 2 is 1.61 bits per heavy atom. The maximum Gasteiger partial charge on any atom is 0.125 e. The lowest BCUT2D eigenvalue weighted by molar-refractivity contribution is 0.209. The van der Waals surface area contributed by atoms with E-state index in [-0.39, 0.29) is 5.41 Å². The van der Waals surface area contributed by atoms with Crippen molar-refractivity contribution in [1.29, 1.82) is 0 Å². The molecule has 0 bridgehead atoms. The Morgan fingerprint density at radius 3 is 2.18 bits per heavy atom. The molecular weight excluding hydrogens is 410 g/mol. The molecule has 0 atom stereocenters. The average molecular weight is 452 g/mol. The standard InChI is InChI=1S/C29H41NO3/c1-8-9-18-32-26-20-22(2)27(23(3)21-26)33-19-12-10-11-13-24-14-16-25(17-15-24)28(30-31-7)29(4,5)6/h8-9,14-17,20-21H,10-13,18-19H2,1-7H3/b9-8+,30-28?. The van der Waals surface area contributed by atoms with Gasteiger partial charge in [0.05, 0.1) is 12.3 Å². The summed E-state index contributed by atoms with van der Waals surface area (Å²) in [4.78, 5) is 5.06. The first-order chi connectivity index (χ1) is 15.8. The van der Waals surface area contributed by atoms with Crippen molar-refractivity contribution in [2.75, 3.05) is 20.3 Å². The quantitative estimate of drug-likeness (QED) is 0.146. The van der Waals surface area contributed by atoms with Gasteiger partial charge in [-0.25, -0.2) is 0 Å². The van der Waals surface area contributed by atoms with E-state index in [0.29, 0.717) is 6.61 Å². The topological polar surface area (TPSA) is 40.0 Å². The van der Waals surface area contributed by atoms with Crippen LogP contribution >= 0.6 is 0 Å². The highest BCUT2D eigenvalue weighted by molar-refractivity contribution is 6.03. The number of hydrogen-bond donors (Lipinski definition) is 0. The van der Waals surface area contributed by atoms with Crippen molar-refractivity contribution in [3.05, 3.63) is 70.8 Å². The van der Waals surface area contributed by atoms with Crippen molar-refractivity contribution in [3.63, 3.8) is 0 Å². The maximum absolute atomic E-state index is 6.10. The first-order valence-corrected chi connectivity index (χ1v) is 11.9. The van der Waals surface area contributed by atoms with Gasteiger partial charge in [-0.3, -0.25) is 0 Å². The summed E-state index contributed by atoms with van der Waals surface area (Å²) in [6.45, 7) is 13.9. The lowest BCUT2D eigenvalue weighted by Gasteiger charge is -2.21. The fraction of sp³-hybridized carbons (Fsp3) is 0.483. The Labute approximate surface area is 200 Å². The van der Waals surface area contributed by atoms with Gasteiger partial charge >= 0.3 is 0 Å². The van der Waals surface area contributed by atoms with E-state index in [1.54, 1.807) is 7.11 Å². The van der Waals surface area contributed by atoms with Gasteiger partial charge in [0.1, 0.15) is 25.2 Å². The number of benzene rings is 2. The molecule has 4 nitrogen and oxygen atoms in total. The van der Waals surface area contributed by atoms with Gasteiger partial charge in [0.15, 0.2) is 0 Å². The van der Waals surface area contributed by atoms with Crippen LogP contribution in [0.1, 0.15) is 69.2 Å². The summed E-state index contributed by atoms with van der Waals surface area (Å²) in [7, 11) is 1.60. The number of oxime groups is 1. The minimum absolute atomic E-state index is 0.0615. The molecule has 2 aromatic carbocycles. The van der Waals surface area contributed by atoms with Crippen molar-refractivity contribution < 1.29 is 14.3 Å². The Bertz CT molecular complexity index is 898. The van der Waals surface area contributed by atoms with Crippen LogP contribution in [0.3, 0.4) is 0 Å². The summed E-state index contributed by atoms with van der Waals surface area (Å²) in [6.07, 6.45) is 8.41. The highest BCUT2D eigenvalue weighted by atomic mass is 16.6. The number of allylic oxidation sites excluding steroid dienone is 1. The monoisotopic (exact) mass is 451 g/mol. The smallest absolute Gasteiger partial charge is 0.125 e. The molecular formula is C29H41NO3. The lowest BCUT2D eigenvalue weighted by Crippen LogP contribution is -2.21. The third-order valence-electron chi connectivity index (χ3n) is 5.49. The molecule has 0 spiro atoms. The number of nitrogens with zero attached hydrogens (tertiary/aromatic N) is 1. The number of unbranched alkanes of at least 4 members (excludes halogenated alkanes) is 2. The Balaban J connectivity index is 1.77. The summed E-state index contributed by atoms with van der Waals surface area (Å²) in [5.41, 5.74) is 5.62. The molecule has 180 valence electrons. The molecule has 0 amide bonds. The molecule has 2 aromatic rings. The van der Waals surface area contributed by atoms with E-state index in [1.165, 1.54) is 5.56 Å². The summed E-state index contributed by atoms with van der Waals surface area (Å²) in [6, 6.07) is 12.8.